The van der Waals surface area contributed by atoms with Crippen molar-refractivity contribution in [2.45, 2.75) is 32.2 Å². The molecule has 0 radical (unpaired) electrons. The molecule has 4 nitrogen and oxygen atoms in total. The monoisotopic (exact) mass is 227 g/mol. The Morgan fingerprint density at radius 2 is 2.12 bits per heavy atom. The van der Waals surface area contributed by atoms with E-state index in [0.717, 1.165) is 25.8 Å². The molecule has 0 aliphatic heterocycles. The van der Waals surface area contributed by atoms with Gasteiger partial charge in [0.1, 0.15) is 0 Å². The second kappa shape index (κ2) is 6.21. The number of carbonyl (C=O) groups is 1. The van der Waals surface area contributed by atoms with Crippen LogP contribution in [-0.4, -0.2) is 44.0 Å². The summed E-state index contributed by atoms with van der Waals surface area (Å²) < 4.78 is 0. The number of nitrogens with two attached hydrogens (primary N) is 1. The maximum Gasteiger partial charge on any atom is 0.224 e. The smallest absolute Gasteiger partial charge is 0.224 e. The highest BCUT2D eigenvalue weighted by atomic mass is 16.1. The fraction of sp³-hybridized carbons (Fsp3) is 0.917. The Hall–Kier alpha value is -0.610. The second-order valence-electron chi connectivity index (χ2n) is 5.19. The van der Waals surface area contributed by atoms with Gasteiger partial charge in [0, 0.05) is 19.1 Å². The highest BCUT2D eigenvalue weighted by Crippen LogP contribution is 2.28. The summed E-state index contributed by atoms with van der Waals surface area (Å²) in [4.78, 5) is 14.1. The Labute approximate surface area is 98.6 Å². The van der Waals surface area contributed by atoms with Gasteiger partial charge in [-0.3, -0.25) is 4.79 Å². The van der Waals surface area contributed by atoms with Gasteiger partial charge in [-0.05, 0) is 32.9 Å². The van der Waals surface area contributed by atoms with Crippen LogP contribution in [-0.2, 0) is 4.79 Å². The lowest BCUT2D eigenvalue weighted by molar-refractivity contribution is -0.128. The molecule has 0 saturated heterocycles. The molecule has 3 unspecified atom stereocenters. The van der Waals surface area contributed by atoms with Crippen LogP contribution in [0.15, 0.2) is 0 Å². The van der Waals surface area contributed by atoms with E-state index >= 15 is 0 Å². The first-order valence-electron chi connectivity index (χ1n) is 6.20. The minimum Gasteiger partial charge on any atom is -0.355 e. The van der Waals surface area contributed by atoms with E-state index in [4.69, 9.17) is 5.73 Å². The van der Waals surface area contributed by atoms with E-state index in [1.54, 1.807) is 0 Å². The largest absolute Gasteiger partial charge is 0.355 e. The van der Waals surface area contributed by atoms with Crippen molar-refractivity contribution in [1.29, 1.82) is 0 Å². The zero-order chi connectivity index (χ0) is 12.1. The highest BCUT2D eigenvalue weighted by molar-refractivity contribution is 5.79. The summed E-state index contributed by atoms with van der Waals surface area (Å²) in [7, 11) is 4.00. The van der Waals surface area contributed by atoms with Crippen LogP contribution in [0.25, 0.3) is 0 Å². The van der Waals surface area contributed by atoms with Crippen LogP contribution in [0.2, 0.25) is 0 Å². The third-order valence-corrected chi connectivity index (χ3v) is 3.43. The number of nitrogens with zero attached hydrogens (tertiary/aromatic N) is 1. The Morgan fingerprint density at radius 3 is 2.69 bits per heavy atom. The van der Waals surface area contributed by atoms with Gasteiger partial charge < -0.3 is 16.0 Å². The first-order chi connectivity index (χ1) is 7.52. The average molecular weight is 227 g/mol. The summed E-state index contributed by atoms with van der Waals surface area (Å²) >= 11 is 0. The quantitative estimate of drug-likeness (QED) is 0.732. The molecule has 94 valence electrons. The SMILES string of the molecule is CC1CCCC(N)C1C(=O)NCCN(C)C. The van der Waals surface area contributed by atoms with Crippen LogP contribution in [0.4, 0.5) is 0 Å². The first kappa shape index (κ1) is 13.5. The molecule has 1 amide bonds. The molecule has 3 N–H and O–H groups in total. The minimum atomic E-state index is 0.0101. The van der Waals surface area contributed by atoms with E-state index < -0.39 is 0 Å². The Morgan fingerprint density at radius 1 is 1.44 bits per heavy atom. The van der Waals surface area contributed by atoms with Gasteiger partial charge in [-0.15, -0.1) is 0 Å². The van der Waals surface area contributed by atoms with Crippen molar-refractivity contribution in [3.8, 4) is 0 Å². The topological polar surface area (TPSA) is 58.4 Å². The zero-order valence-corrected chi connectivity index (χ0v) is 10.7. The normalized spacial score (nSPS) is 30.4. The highest BCUT2D eigenvalue weighted by Gasteiger charge is 2.33. The van der Waals surface area contributed by atoms with Crippen LogP contribution in [0.3, 0.4) is 0 Å². The van der Waals surface area contributed by atoms with E-state index in [1.165, 1.54) is 0 Å². The van der Waals surface area contributed by atoms with Gasteiger partial charge >= 0.3 is 0 Å². The van der Waals surface area contributed by atoms with Crippen molar-refractivity contribution in [1.82, 2.24) is 10.2 Å². The first-order valence-corrected chi connectivity index (χ1v) is 6.20. The predicted molar refractivity (Wildman–Crippen MR) is 66.0 cm³/mol. The van der Waals surface area contributed by atoms with Gasteiger partial charge in [-0.25, -0.2) is 0 Å². The zero-order valence-electron chi connectivity index (χ0n) is 10.7. The van der Waals surface area contributed by atoms with Crippen molar-refractivity contribution >= 4 is 5.91 Å². The number of hydrogen-bond acceptors (Lipinski definition) is 3. The number of rotatable bonds is 4. The maximum absolute atomic E-state index is 12.0. The molecule has 1 aliphatic rings. The van der Waals surface area contributed by atoms with E-state index in [9.17, 15) is 4.79 Å². The van der Waals surface area contributed by atoms with Crippen molar-refractivity contribution in [3.05, 3.63) is 0 Å². The van der Waals surface area contributed by atoms with Crippen molar-refractivity contribution < 1.29 is 4.79 Å². The summed E-state index contributed by atoms with van der Waals surface area (Å²) in [6.45, 7) is 3.72. The fourth-order valence-electron chi connectivity index (χ4n) is 2.43. The van der Waals surface area contributed by atoms with Gasteiger partial charge in [0.05, 0.1) is 5.92 Å². The van der Waals surface area contributed by atoms with E-state index in [2.05, 4.69) is 17.1 Å². The third kappa shape index (κ3) is 3.76. The number of likely N-dealkylation sites (N-methyl/N-ethyl adjacent to an activating group) is 1. The molecular formula is C12H25N3O. The summed E-state index contributed by atoms with van der Waals surface area (Å²) in [5, 5.41) is 2.98. The molecule has 0 spiro atoms. The molecule has 1 saturated carbocycles. The molecule has 0 heterocycles. The molecule has 1 fully saturated rings. The standard InChI is InChI=1S/C12H25N3O/c1-9-5-4-6-10(13)11(9)12(16)14-7-8-15(2)3/h9-11H,4-8,13H2,1-3H3,(H,14,16). The molecule has 3 atom stereocenters. The maximum atomic E-state index is 12.0. The van der Waals surface area contributed by atoms with Gasteiger partial charge in [0.25, 0.3) is 0 Å². The molecule has 1 aliphatic carbocycles. The molecule has 16 heavy (non-hydrogen) atoms. The van der Waals surface area contributed by atoms with Crippen molar-refractivity contribution in [3.63, 3.8) is 0 Å². The number of amides is 1. The van der Waals surface area contributed by atoms with Crippen molar-refractivity contribution in [2.75, 3.05) is 27.2 Å². The lowest BCUT2D eigenvalue weighted by atomic mass is 9.76. The second-order valence-corrected chi connectivity index (χ2v) is 5.19. The average Bonchev–Trinajstić information content (AvgIpc) is 2.16. The minimum absolute atomic E-state index is 0.0101. The lowest BCUT2D eigenvalue weighted by Gasteiger charge is -2.33. The van der Waals surface area contributed by atoms with Crippen LogP contribution >= 0.6 is 0 Å². The molecule has 0 aromatic heterocycles. The van der Waals surface area contributed by atoms with E-state index in [1.807, 2.05) is 14.1 Å². The molecule has 4 heteroatoms. The van der Waals surface area contributed by atoms with Gasteiger partial charge in [-0.1, -0.05) is 13.3 Å². The third-order valence-electron chi connectivity index (χ3n) is 3.43. The summed E-state index contributed by atoms with van der Waals surface area (Å²) in [5.74, 6) is 0.570. The summed E-state index contributed by atoms with van der Waals surface area (Å²) in [6, 6.07) is 0.0445. The van der Waals surface area contributed by atoms with Crippen LogP contribution in [0, 0.1) is 11.8 Å². The predicted octanol–water partition coefficient (Wildman–Crippen LogP) is 0.428. The number of nitrogens with one attached hydrogen (secondary N) is 1. The molecule has 0 aromatic carbocycles. The van der Waals surface area contributed by atoms with Crippen LogP contribution in [0.5, 0.6) is 0 Å². The van der Waals surface area contributed by atoms with Crippen molar-refractivity contribution in [2.24, 2.45) is 17.6 Å². The van der Waals surface area contributed by atoms with Gasteiger partial charge in [0.2, 0.25) is 5.91 Å². The van der Waals surface area contributed by atoms with E-state index in [0.29, 0.717) is 12.5 Å². The molecule has 0 bridgehead atoms. The lowest BCUT2D eigenvalue weighted by Crippen LogP contribution is -2.48. The molecule has 1 rings (SSSR count). The molecule has 0 aromatic rings. The van der Waals surface area contributed by atoms with E-state index in [-0.39, 0.29) is 17.9 Å². The fourth-order valence-corrected chi connectivity index (χ4v) is 2.43. The van der Waals surface area contributed by atoms with Gasteiger partial charge in [-0.2, -0.15) is 0 Å². The molecular weight excluding hydrogens is 202 g/mol. The number of carbonyl (C=O) groups excluding carboxylic acids is 1. The Kier molecular flexibility index (Phi) is 5.22. The number of hydrogen-bond donors (Lipinski definition) is 2. The Bertz CT molecular complexity index is 220. The van der Waals surface area contributed by atoms with Gasteiger partial charge in [0.15, 0.2) is 0 Å². The van der Waals surface area contributed by atoms with Crippen LogP contribution in [0.1, 0.15) is 26.2 Å². The summed E-state index contributed by atoms with van der Waals surface area (Å²) in [5.41, 5.74) is 6.03. The summed E-state index contributed by atoms with van der Waals surface area (Å²) in [6.07, 6.45) is 3.26. The Balaban J connectivity index is 2.39. The van der Waals surface area contributed by atoms with Crippen LogP contribution < -0.4 is 11.1 Å².